The third kappa shape index (κ3) is 7.56. The monoisotopic (exact) mass is 461 g/mol. The summed E-state index contributed by atoms with van der Waals surface area (Å²) in [6.45, 7) is 8.49. The Balaban J connectivity index is 1.92. The second-order valence-electron chi connectivity index (χ2n) is 7.55. The molecular formula is C23H31N3O5S. The van der Waals surface area contributed by atoms with E-state index in [2.05, 4.69) is 35.7 Å². The molecule has 2 N–H and O–H groups in total. The summed E-state index contributed by atoms with van der Waals surface area (Å²) < 4.78 is 31.3. The van der Waals surface area contributed by atoms with Gasteiger partial charge in [0, 0.05) is 29.6 Å². The highest BCUT2D eigenvalue weighted by Crippen LogP contribution is 2.20. The smallest absolute Gasteiger partial charge is 0.338 e. The summed E-state index contributed by atoms with van der Waals surface area (Å²) in [6, 6.07) is 13.8. The number of anilines is 3. The van der Waals surface area contributed by atoms with Crippen LogP contribution >= 0.6 is 0 Å². The molecule has 0 fully saturated rings. The van der Waals surface area contributed by atoms with Crippen molar-refractivity contribution >= 4 is 39.0 Å². The van der Waals surface area contributed by atoms with Crippen molar-refractivity contribution in [3.05, 3.63) is 54.1 Å². The molecule has 0 saturated carbocycles. The van der Waals surface area contributed by atoms with Crippen molar-refractivity contribution in [2.75, 3.05) is 33.8 Å². The van der Waals surface area contributed by atoms with E-state index in [-0.39, 0.29) is 17.0 Å². The molecule has 0 atom stereocenters. The van der Waals surface area contributed by atoms with Crippen molar-refractivity contribution in [2.45, 2.75) is 40.2 Å². The Kier molecular flexibility index (Phi) is 9.07. The molecule has 0 unspecified atom stereocenters. The summed E-state index contributed by atoms with van der Waals surface area (Å²) in [4.78, 5) is 26.7. The number of rotatable bonds is 11. The molecule has 174 valence electrons. The van der Waals surface area contributed by atoms with Crippen molar-refractivity contribution in [3.63, 3.8) is 0 Å². The first-order valence-electron chi connectivity index (χ1n) is 10.6. The fourth-order valence-electron chi connectivity index (χ4n) is 3.20. The van der Waals surface area contributed by atoms with E-state index in [4.69, 9.17) is 4.74 Å². The molecule has 1 amide bonds. The summed E-state index contributed by atoms with van der Waals surface area (Å²) in [5.74, 6) is -1.21. The lowest BCUT2D eigenvalue weighted by Crippen LogP contribution is -2.30. The maximum Gasteiger partial charge on any atom is 0.338 e. The molecule has 2 aromatic carbocycles. The van der Waals surface area contributed by atoms with E-state index >= 15 is 0 Å². The molecule has 0 aliphatic rings. The number of hydrogen-bond donors (Lipinski definition) is 2. The largest absolute Gasteiger partial charge is 0.452 e. The number of carbonyl (C=O) groups is 2. The van der Waals surface area contributed by atoms with Crippen LogP contribution in [0, 0.1) is 0 Å². The van der Waals surface area contributed by atoms with Crippen LogP contribution in [0.3, 0.4) is 0 Å². The standard InChI is InChI=1S/C23H31N3O5S/c1-5-14-32(29,30)25-20-9-7-8-18(15-20)23(28)31-16-22(27)24-19-10-12-21(13-11-19)26(6-2)17(3)4/h7-13,15,17,25H,5-6,14,16H2,1-4H3,(H,24,27). The highest BCUT2D eigenvalue weighted by molar-refractivity contribution is 7.92. The molecule has 0 aliphatic heterocycles. The second-order valence-corrected chi connectivity index (χ2v) is 9.39. The predicted molar refractivity (Wildman–Crippen MR) is 128 cm³/mol. The Morgan fingerprint density at radius 1 is 1.03 bits per heavy atom. The molecule has 0 radical (unpaired) electrons. The van der Waals surface area contributed by atoms with E-state index in [1.165, 1.54) is 12.1 Å². The summed E-state index contributed by atoms with van der Waals surface area (Å²) >= 11 is 0. The van der Waals surface area contributed by atoms with Crippen LogP contribution in [0.4, 0.5) is 17.1 Å². The first kappa shape index (κ1) is 25.2. The minimum absolute atomic E-state index is 0.0171. The lowest BCUT2D eigenvalue weighted by Gasteiger charge is -2.27. The van der Waals surface area contributed by atoms with Gasteiger partial charge in [-0.05, 0) is 69.7 Å². The topological polar surface area (TPSA) is 105 Å². The molecule has 2 aromatic rings. The van der Waals surface area contributed by atoms with Gasteiger partial charge in [0.05, 0.1) is 11.3 Å². The van der Waals surface area contributed by atoms with E-state index in [1.54, 1.807) is 31.2 Å². The zero-order valence-corrected chi connectivity index (χ0v) is 19.7. The number of ether oxygens (including phenoxy) is 1. The van der Waals surface area contributed by atoms with Gasteiger partial charge in [-0.1, -0.05) is 13.0 Å². The molecule has 0 aliphatic carbocycles. The van der Waals surface area contributed by atoms with Gasteiger partial charge >= 0.3 is 5.97 Å². The van der Waals surface area contributed by atoms with Gasteiger partial charge in [-0.15, -0.1) is 0 Å². The van der Waals surface area contributed by atoms with Gasteiger partial charge < -0.3 is 15.0 Å². The van der Waals surface area contributed by atoms with Gasteiger partial charge in [0.25, 0.3) is 5.91 Å². The average molecular weight is 462 g/mol. The van der Waals surface area contributed by atoms with Crippen LogP contribution in [-0.2, 0) is 19.6 Å². The predicted octanol–water partition coefficient (Wildman–Crippen LogP) is 3.87. The average Bonchev–Trinajstić information content (AvgIpc) is 2.73. The molecule has 0 aromatic heterocycles. The maximum absolute atomic E-state index is 12.3. The van der Waals surface area contributed by atoms with Crippen LogP contribution < -0.4 is 14.9 Å². The number of carbonyl (C=O) groups excluding carboxylic acids is 2. The summed E-state index contributed by atoms with van der Waals surface area (Å²) in [5, 5.41) is 2.69. The number of benzene rings is 2. The van der Waals surface area contributed by atoms with Crippen molar-refractivity contribution in [2.24, 2.45) is 0 Å². The van der Waals surface area contributed by atoms with Gasteiger partial charge in [-0.25, -0.2) is 13.2 Å². The molecule has 2 rings (SSSR count). The third-order valence-corrected chi connectivity index (χ3v) is 6.12. The normalized spacial score (nSPS) is 11.2. The molecule has 0 bridgehead atoms. The summed E-state index contributed by atoms with van der Waals surface area (Å²) in [5.41, 5.74) is 2.07. The zero-order valence-electron chi connectivity index (χ0n) is 18.9. The first-order valence-corrected chi connectivity index (χ1v) is 12.2. The minimum atomic E-state index is -3.47. The van der Waals surface area contributed by atoms with Crippen LogP contribution in [0.5, 0.6) is 0 Å². The van der Waals surface area contributed by atoms with Crippen LogP contribution in [0.25, 0.3) is 0 Å². The highest BCUT2D eigenvalue weighted by atomic mass is 32.2. The van der Waals surface area contributed by atoms with E-state index in [0.717, 1.165) is 12.2 Å². The van der Waals surface area contributed by atoms with Crippen molar-refractivity contribution < 1.29 is 22.7 Å². The lowest BCUT2D eigenvalue weighted by molar-refractivity contribution is -0.119. The third-order valence-electron chi connectivity index (χ3n) is 4.63. The quantitative estimate of drug-likeness (QED) is 0.492. The summed E-state index contributed by atoms with van der Waals surface area (Å²) in [6.07, 6.45) is 0.476. The Bertz CT molecular complexity index is 1020. The Hall–Kier alpha value is -3.07. The van der Waals surface area contributed by atoms with Gasteiger partial charge in [0.2, 0.25) is 10.0 Å². The number of hydrogen-bond acceptors (Lipinski definition) is 6. The molecule has 0 heterocycles. The van der Waals surface area contributed by atoms with Crippen LogP contribution in [0.2, 0.25) is 0 Å². The first-order chi connectivity index (χ1) is 15.1. The SMILES string of the molecule is CCCS(=O)(=O)Nc1cccc(C(=O)OCC(=O)Nc2ccc(N(CC)C(C)C)cc2)c1. The minimum Gasteiger partial charge on any atom is -0.452 e. The van der Waals surface area contributed by atoms with E-state index in [9.17, 15) is 18.0 Å². The van der Waals surface area contributed by atoms with Crippen molar-refractivity contribution in [1.82, 2.24) is 0 Å². The van der Waals surface area contributed by atoms with E-state index < -0.39 is 28.5 Å². The summed E-state index contributed by atoms with van der Waals surface area (Å²) in [7, 11) is -3.47. The van der Waals surface area contributed by atoms with Gasteiger partial charge in [0.15, 0.2) is 6.61 Å². The van der Waals surface area contributed by atoms with Crippen LogP contribution in [0.1, 0.15) is 44.5 Å². The van der Waals surface area contributed by atoms with Crippen molar-refractivity contribution in [1.29, 1.82) is 0 Å². The Labute approximate surface area is 190 Å². The van der Waals surface area contributed by atoms with Crippen LogP contribution in [-0.4, -0.2) is 45.2 Å². The molecule has 9 heteroatoms. The van der Waals surface area contributed by atoms with Gasteiger partial charge in [-0.3, -0.25) is 9.52 Å². The molecule has 8 nitrogen and oxygen atoms in total. The van der Waals surface area contributed by atoms with Crippen LogP contribution in [0.15, 0.2) is 48.5 Å². The number of amides is 1. The van der Waals surface area contributed by atoms with Gasteiger partial charge in [-0.2, -0.15) is 0 Å². The van der Waals surface area contributed by atoms with Gasteiger partial charge in [0.1, 0.15) is 0 Å². The fraction of sp³-hybridized carbons (Fsp3) is 0.391. The number of sulfonamides is 1. The fourth-order valence-corrected chi connectivity index (χ4v) is 4.33. The number of nitrogens with one attached hydrogen (secondary N) is 2. The maximum atomic E-state index is 12.3. The molecule has 0 spiro atoms. The molecular weight excluding hydrogens is 430 g/mol. The number of esters is 1. The second kappa shape index (κ2) is 11.5. The van der Waals surface area contributed by atoms with Crippen molar-refractivity contribution in [3.8, 4) is 0 Å². The lowest BCUT2D eigenvalue weighted by atomic mass is 10.2. The Morgan fingerprint density at radius 2 is 1.72 bits per heavy atom. The molecule has 0 saturated heterocycles. The zero-order chi connectivity index (χ0) is 23.7. The van der Waals surface area contributed by atoms with E-state index in [0.29, 0.717) is 18.2 Å². The van der Waals surface area contributed by atoms with E-state index in [1.807, 2.05) is 12.1 Å². The molecule has 32 heavy (non-hydrogen) atoms. The Morgan fingerprint density at radius 3 is 2.31 bits per heavy atom. The highest BCUT2D eigenvalue weighted by Gasteiger charge is 2.14. The number of nitrogens with zero attached hydrogens (tertiary/aromatic N) is 1.